The van der Waals surface area contributed by atoms with Crippen molar-refractivity contribution < 1.29 is 13.9 Å². The molecule has 0 unspecified atom stereocenters. The minimum absolute atomic E-state index is 0.268. The minimum Gasteiger partial charge on any atom is -0.451 e. The van der Waals surface area contributed by atoms with Crippen molar-refractivity contribution in [3.63, 3.8) is 0 Å². The molecule has 0 saturated carbocycles. The Morgan fingerprint density at radius 1 is 1.46 bits per heavy atom. The zero-order chi connectivity index (χ0) is 17.1. The average molecular weight is 346 g/mol. The molecule has 0 fully saturated rings. The fourth-order valence-corrected chi connectivity index (χ4v) is 2.69. The van der Waals surface area contributed by atoms with Crippen LogP contribution in [0.2, 0.25) is 0 Å². The van der Waals surface area contributed by atoms with Crippen LogP contribution in [-0.4, -0.2) is 34.3 Å². The zero-order valence-corrected chi connectivity index (χ0v) is 14.3. The third-order valence-corrected chi connectivity index (χ3v) is 4.16. The summed E-state index contributed by atoms with van der Waals surface area (Å²) in [4.78, 5) is 12.5. The largest absolute Gasteiger partial charge is 0.451 e. The number of carbonyl (C=O) groups is 1. The number of furan rings is 1. The van der Waals surface area contributed by atoms with Crippen LogP contribution >= 0.6 is 12.2 Å². The molecule has 0 saturated heterocycles. The highest BCUT2D eigenvalue weighted by atomic mass is 32.1. The van der Waals surface area contributed by atoms with Crippen molar-refractivity contribution in [1.29, 1.82) is 0 Å². The fourth-order valence-electron chi connectivity index (χ4n) is 2.54. The highest BCUT2D eigenvalue weighted by Crippen LogP contribution is 2.26. The lowest BCUT2D eigenvalue weighted by Gasteiger charge is -2.05. The van der Waals surface area contributed by atoms with Crippen LogP contribution in [0.1, 0.15) is 21.9 Å². The first-order chi connectivity index (χ1) is 11.6. The Bertz CT molecular complexity index is 925. The van der Waals surface area contributed by atoms with Crippen molar-refractivity contribution in [2.24, 2.45) is 7.05 Å². The van der Waals surface area contributed by atoms with Gasteiger partial charge in [-0.1, -0.05) is 18.2 Å². The smallest absolute Gasteiger partial charge is 0.287 e. The fraction of sp³-hybridized carbons (Fsp3) is 0.312. The van der Waals surface area contributed by atoms with E-state index in [2.05, 4.69) is 15.5 Å². The number of amides is 1. The minimum atomic E-state index is -0.268. The quantitative estimate of drug-likeness (QED) is 0.669. The maximum Gasteiger partial charge on any atom is 0.287 e. The number of aromatic amines is 1. The Morgan fingerprint density at radius 3 is 2.96 bits per heavy atom. The van der Waals surface area contributed by atoms with E-state index in [0.717, 1.165) is 16.8 Å². The molecule has 8 heteroatoms. The summed E-state index contributed by atoms with van der Waals surface area (Å²) in [6.45, 7) is 0.739. The van der Waals surface area contributed by atoms with E-state index in [1.165, 1.54) is 0 Å². The second-order valence-corrected chi connectivity index (χ2v) is 5.74. The topological polar surface area (TPSA) is 85.1 Å². The van der Waals surface area contributed by atoms with Gasteiger partial charge in [-0.05, 0) is 18.3 Å². The molecule has 0 bridgehead atoms. The monoisotopic (exact) mass is 346 g/mol. The van der Waals surface area contributed by atoms with Gasteiger partial charge in [0.25, 0.3) is 5.91 Å². The van der Waals surface area contributed by atoms with Gasteiger partial charge in [-0.3, -0.25) is 9.89 Å². The summed E-state index contributed by atoms with van der Waals surface area (Å²) >= 11 is 5.06. The molecular weight excluding hydrogens is 328 g/mol. The molecule has 0 aliphatic carbocycles. The van der Waals surface area contributed by atoms with Gasteiger partial charge in [0.2, 0.25) is 0 Å². The van der Waals surface area contributed by atoms with E-state index >= 15 is 0 Å². The second-order valence-electron chi connectivity index (χ2n) is 5.35. The standard InChI is InChI=1S/C16H18N4O3S/c1-20-13(18-19-16(20)24)7-8-17-15(21)14-11(9-22-2)10-5-3-4-6-12(10)23-14/h3-6H,7-9H2,1-2H3,(H,17,21)(H,19,24). The molecule has 1 amide bonds. The molecule has 0 aliphatic rings. The van der Waals surface area contributed by atoms with E-state index in [1.54, 1.807) is 11.7 Å². The van der Waals surface area contributed by atoms with E-state index in [1.807, 2.05) is 31.3 Å². The van der Waals surface area contributed by atoms with Crippen LogP contribution in [0.15, 0.2) is 28.7 Å². The van der Waals surface area contributed by atoms with E-state index in [0.29, 0.717) is 29.9 Å². The number of hydrogen-bond donors (Lipinski definition) is 2. The average Bonchev–Trinajstić information content (AvgIpc) is 3.10. The van der Waals surface area contributed by atoms with E-state index in [9.17, 15) is 4.79 Å². The van der Waals surface area contributed by atoms with Gasteiger partial charge >= 0.3 is 0 Å². The summed E-state index contributed by atoms with van der Waals surface area (Å²) in [5, 5.41) is 10.6. The molecule has 126 valence electrons. The van der Waals surface area contributed by atoms with Crippen LogP contribution in [0.3, 0.4) is 0 Å². The number of fused-ring (bicyclic) bond motifs is 1. The summed E-state index contributed by atoms with van der Waals surface area (Å²) in [6.07, 6.45) is 0.565. The van der Waals surface area contributed by atoms with Gasteiger partial charge in [0.05, 0.1) is 6.61 Å². The van der Waals surface area contributed by atoms with Crippen LogP contribution in [0, 0.1) is 4.77 Å². The number of rotatable bonds is 6. The maximum absolute atomic E-state index is 12.5. The number of methoxy groups -OCH3 is 1. The van der Waals surface area contributed by atoms with Crippen molar-refractivity contribution in [3.05, 3.63) is 46.2 Å². The van der Waals surface area contributed by atoms with Gasteiger partial charge in [0.1, 0.15) is 11.4 Å². The van der Waals surface area contributed by atoms with Gasteiger partial charge < -0.3 is 19.0 Å². The lowest BCUT2D eigenvalue weighted by molar-refractivity contribution is 0.0921. The first-order valence-corrected chi connectivity index (χ1v) is 7.90. The van der Waals surface area contributed by atoms with Crippen LogP contribution in [0.5, 0.6) is 0 Å². The van der Waals surface area contributed by atoms with E-state index in [4.69, 9.17) is 21.4 Å². The van der Waals surface area contributed by atoms with Crippen LogP contribution < -0.4 is 5.32 Å². The molecule has 24 heavy (non-hydrogen) atoms. The number of para-hydroxylation sites is 1. The molecule has 2 heterocycles. The van der Waals surface area contributed by atoms with E-state index < -0.39 is 0 Å². The number of carbonyl (C=O) groups excluding carboxylic acids is 1. The highest BCUT2D eigenvalue weighted by molar-refractivity contribution is 7.71. The lowest BCUT2D eigenvalue weighted by atomic mass is 10.1. The van der Waals surface area contributed by atoms with Crippen molar-refractivity contribution in [2.45, 2.75) is 13.0 Å². The first kappa shape index (κ1) is 16.4. The number of nitrogens with zero attached hydrogens (tertiary/aromatic N) is 2. The number of H-pyrrole nitrogens is 1. The molecule has 0 spiro atoms. The van der Waals surface area contributed by atoms with Crippen molar-refractivity contribution in [2.75, 3.05) is 13.7 Å². The molecule has 3 rings (SSSR count). The summed E-state index contributed by atoms with van der Waals surface area (Å²) in [7, 11) is 3.42. The molecule has 0 radical (unpaired) electrons. The SMILES string of the molecule is COCc1c(C(=O)NCCc2n[nH]c(=S)n2C)oc2ccccc12. The number of hydrogen-bond acceptors (Lipinski definition) is 5. The molecule has 0 atom stereocenters. The third kappa shape index (κ3) is 3.10. The predicted octanol–water partition coefficient (Wildman–Crippen LogP) is 2.34. The van der Waals surface area contributed by atoms with Gasteiger partial charge in [0.15, 0.2) is 10.5 Å². The number of ether oxygens (including phenoxy) is 1. The van der Waals surface area contributed by atoms with Crippen LogP contribution in [0.4, 0.5) is 0 Å². The van der Waals surface area contributed by atoms with Gasteiger partial charge in [0, 0.05) is 38.1 Å². The summed E-state index contributed by atoms with van der Waals surface area (Å²) < 4.78 is 13.2. The van der Waals surface area contributed by atoms with Gasteiger partial charge in [-0.2, -0.15) is 5.10 Å². The Morgan fingerprint density at radius 2 is 2.25 bits per heavy atom. The second kappa shape index (κ2) is 6.98. The summed E-state index contributed by atoms with van der Waals surface area (Å²) in [5.74, 6) is 0.797. The summed E-state index contributed by atoms with van der Waals surface area (Å²) in [6, 6.07) is 7.52. The Labute approximate surface area is 143 Å². The van der Waals surface area contributed by atoms with Crippen LogP contribution in [0.25, 0.3) is 11.0 Å². The molecule has 2 N–H and O–H groups in total. The van der Waals surface area contributed by atoms with Crippen molar-refractivity contribution in [1.82, 2.24) is 20.1 Å². The van der Waals surface area contributed by atoms with Gasteiger partial charge in [-0.15, -0.1) is 0 Å². The first-order valence-electron chi connectivity index (χ1n) is 7.49. The molecule has 1 aromatic carbocycles. The lowest BCUT2D eigenvalue weighted by Crippen LogP contribution is -2.26. The number of benzene rings is 1. The maximum atomic E-state index is 12.5. The Hall–Kier alpha value is -2.45. The molecular formula is C16H18N4O3S. The highest BCUT2D eigenvalue weighted by Gasteiger charge is 2.20. The Kier molecular flexibility index (Phi) is 4.77. The normalized spacial score (nSPS) is 11.1. The van der Waals surface area contributed by atoms with Crippen molar-refractivity contribution >= 4 is 29.1 Å². The third-order valence-electron chi connectivity index (χ3n) is 3.80. The molecule has 2 aromatic heterocycles. The van der Waals surface area contributed by atoms with Crippen LogP contribution in [-0.2, 0) is 24.8 Å². The van der Waals surface area contributed by atoms with E-state index in [-0.39, 0.29) is 11.7 Å². The summed E-state index contributed by atoms with van der Waals surface area (Å²) in [5.41, 5.74) is 1.42. The molecule has 3 aromatic rings. The number of aromatic nitrogens is 3. The van der Waals surface area contributed by atoms with Gasteiger partial charge in [-0.25, -0.2) is 0 Å². The predicted molar refractivity (Wildman–Crippen MR) is 91.4 cm³/mol. The van der Waals surface area contributed by atoms with Crippen molar-refractivity contribution in [3.8, 4) is 0 Å². The number of nitrogens with one attached hydrogen (secondary N) is 2. The Balaban J connectivity index is 1.75. The zero-order valence-electron chi connectivity index (χ0n) is 13.5. The molecule has 0 aliphatic heterocycles. The molecule has 7 nitrogen and oxygen atoms in total.